The smallest absolute Gasteiger partial charge is 0.129 e. The SMILES string of the molecule is CCOc1cc(OCC)c(CCN2CCNCC2)c(OCC)c1. The number of nitrogens with one attached hydrogen (secondary N) is 1. The average Bonchev–Trinajstić information content (AvgIpc) is 2.56. The summed E-state index contributed by atoms with van der Waals surface area (Å²) in [5.41, 5.74) is 1.15. The van der Waals surface area contributed by atoms with Crippen molar-refractivity contribution >= 4 is 0 Å². The van der Waals surface area contributed by atoms with Crippen LogP contribution >= 0.6 is 0 Å². The van der Waals surface area contributed by atoms with E-state index in [1.807, 2.05) is 32.9 Å². The van der Waals surface area contributed by atoms with Crippen LogP contribution in [0, 0.1) is 0 Å². The first-order chi connectivity index (χ1) is 11.3. The van der Waals surface area contributed by atoms with Crippen molar-refractivity contribution < 1.29 is 14.2 Å². The van der Waals surface area contributed by atoms with Gasteiger partial charge in [0, 0.05) is 50.4 Å². The molecule has 0 radical (unpaired) electrons. The van der Waals surface area contributed by atoms with Crippen LogP contribution in [-0.2, 0) is 6.42 Å². The van der Waals surface area contributed by atoms with E-state index in [0.29, 0.717) is 19.8 Å². The zero-order valence-corrected chi connectivity index (χ0v) is 14.7. The van der Waals surface area contributed by atoms with Crippen molar-refractivity contribution in [3.63, 3.8) is 0 Å². The Morgan fingerprint density at radius 2 is 1.48 bits per heavy atom. The number of nitrogens with zero attached hydrogens (tertiary/aromatic N) is 1. The topological polar surface area (TPSA) is 43.0 Å². The molecule has 2 rings (SSSR count). The first kappa shape index (κ1) is 17.9. The second-order valence-corrected chi connectivity index (χ2v) is 5.54. The standard InChI is InChI=1S/C18H30N2O3/c1-4-21-15-13-17(22-5-2)16(18(14-15)23-6-3)7-10-20-11-8-19-9-12-20/h13-14,19H,4-12H2,1-3H3. The van der Waals surface area contributed by atoms with Crippen LogP contribution in [0.2, 0.25) is 0 Å². The number of hydrogen-bond acceptors (Lipinski definition) is 5. The summed E-state index contributed by atoms with van der Waals surface area (Å²) in [6.07, 6.45) is 0.928. The normalized spacial score (nSPS) is 15.4. The van der Waals surface area contributed by atoms with Gasteiger partial charge in [-0.1, -0.05) is 0 Å². The van der Waals surface area contributed by atoms with Crippen molar-refractivity contribution in [2.75, 3.05) is 52.5 Å². The lowest BCUT2D eigenvalue weighted by Crippen LogP contribution is -2.44. The molecule has 5 heteroatoms. The van der Waals surface area contributed by atoms with Crippen LogP contribution in [0.5, 0.6) is 17.2 Å². The predicted octanol–water partition coefficient (Wildman–Crippen LogP) is 2.33. The molecule has 5 nitrogen and oxygen atoms in total. The Bertz CT molecular complexity index is 446. The third-order valence-electron chi connectivity index (χ3n) is 3.94. The van der Waals surface area contributed by atoms with Gasteiger partial charge in [-0.25, -0.2) is 0 Å². The minimum Gasteiger partial charge on any atom is -0.494 e. The summed E-state index contributed by atoms with van der Waals surface area (Å²) in [6.45, 7) is 13.3. The van der Waals surface area contributed by atoms with Crippen LogP contribution in [0.25, 0.3) is 0 Å². The molecule has 1 aromatic rings. The van der Waals surface area contributed by atoms with Gasteiger partial charge >= 0.3 is 0 Å². The van der Waals surface area contributed by atoms with Crippen LogP contribution in [-0.4, -0.2) is 57.4 Å². The Labute approximate surface area is 139 Å². The molecule has 1 aliphatic heterocycles. The van der Waals surface area contributed by atoms with Gasteiger partial charge in [-0.15, -0.1) is 0 Å². The summed E-state index contributed by atoms with van der Waals surface area (Å²) in [7, 11) is 0. The van der Waals surface area contributed by atoms with E-state index in [1.165, 1.54) is 0 Å². The molecule has 0 aromatic heterocycles. The fourth-order valence-corrected chi connectivity index (χ4v) is 2.87. The van der Waals surface area contributed by atoms with Crippen molar-refractivity contribution in [3.05, 3.63) is 17.7 Å². The minimum atomic E-state index is 0.636. The fourth-order valence-electron chi connectivity index (χ4n) is 2.87. The van der Waals surface area contributed by atoms with Crippen LogP contribution in [0.4, 0.5) is 0 Å². The molecular formula is C18H30N2O3. The van der Waals surface area contributed by atoms with E-state index in [-0.39, 0.29) is 0 Å². The highest BCUT2D eigenvalue weighted by molar-refractivity contribution is 5.51. The van der Waals surface area contributed by atoms with E-state index in [1.54, 1.807) is 0 Å². The Morgan fingerprint density at radius 3 is 2.00 bits per heavy atom. The van der Waals surface area contributed by atoms with E-state index >= 15 is 0 Å². The summed E-state index contributed by atoms with van der Waals surface area (Å²) in [6, 6.07) is 3.98. The van der Waals surface area contributed by atoms with E-state index in [2.05, 4.69) is 10.2 Å². The molecule has 130 valence electrons. The van der Waals surface area contributed by atoms with E-state index in [0.717, 1.165) is 62.0 Å². The maximum Gasteiger partial charge on any atom is 0.129 e. The van der Waals surface area contributed by atoms with Crippen LogP contribution in [0.1, 0.15) is 26.3 Å². The molecular weight excluding hydrogens is 292 g/mol. The zero-order chi connectivity index (χ0) is 16.5. The molecule has 1 fully saturated rings. The fraction of sp³-hybridized carbons (Fsp3) is 0.667. The molecule has 0 aliphatic carbocycles. The lowest BCUT2D eigenvalue weighted by molar-refractivity contribution is 0.240. The lowest BCUT2D eigenvalue weighted by atomic mass is 10.1. The molecule has 1 N–H and O–H groups in total. The largest absolute Gasteiger partial charge is 0.494 e. The number of piperazine rings is 1. The van der Waals surface area contributed by atoms with Gasteiger partial charge < -0.3 is 24.4 Å². The highest BCUT2D eigenvalue weighted by Gasteiger charge is 2.16. The summed E-state index contributed by atoms with van der Waals surface area (Å²) >= 11 is 0. The van der Waals surface area contributed by atoms with E-state index in [9.17, 15) is 0 Å². The molecule has 0 saturated carbocycles. The van der Waals surface area contributed by atoms with Gasteiger partial charge in [-0.2, -0.15) is 0 Å². The Kier molecular flexibility index (Phi) is 7.49. The predicted molar refractivity (Wildman–Crippen MR) is 93.0 cm³/mol. The molecule has 1 aliphatic rings. The third kappa shape index (κ3) is 5.29. The van der Waals surface area contributed by atoms with Gasteiger partial charge in [0.2, 0.25) is 0 Å². The molecule has 1 aromatic carbocycles. The first-order valence-electron chi connectivity index (χ1n) is 8.76. The molecule has 23 heavy (non-hydrogen) atoms. The van der Waals surface area contributed by atoms with Crippen LogP contribution in [0.3, 0.4) is 0 Å². The summed E-state index contributed by atoms with van der Waals surface area (Å²) < 4.78 is 17.4. The summed E-state index contributed by atoms with van der Waals surface area (Å²) in [4.78, 5) is 2.48. The second-order valence-electron chi connectivity index (χ2n) is 5.54. The molecule has 0 spiro atoms. The monoisotopic (exact) mass is 322 g/mol. The number of hydrogen-bond donors (Lipinski definition) is 1. The van der Waals surface area contributed by atoms with Gasteiger partial charge in [0.1, 0.15) is 17.2 Å². The zero-order valence-electron chi connectivity index (χ0n) is 14.7. The van der Waals surface area contributed by atoms with E-state index < -0.39 is 0 Å². The van der Waals surface area contributed by atoms with Gasteiger partial charge in [0.25, 0.3) is 0 Å². The second kappa shape index (κ2) is 9.63. The first-order valence-corrected chi connectivity index (χ1v) is 8.76. The lowest BCUT2D eigenvalue weighted by Gasteiger charge is -2.27. The van der Waals surface area contributed by atoms with E-state index in [4.69, 9.17) is 14.2 Å². The number of rotatable bonds is 9. The third-order valence-corrected chi connectivity index (χ3v) is 3.94. The van der Waals surface area contributed by atoms with Gasteiger partial charge in [0.15, 0.2) is 0 Å². The Hall–Kier alpha value is -1.46. The Morgan fingerprint density at radius 1 is 0.913 bits per heavy atom. The highest BCUT2D eigenvalue weighted by Crippen LogP contribution is 2.35. The summed E-state index contributed by atoms with van der Waals surface area (Å²) in [5.74, 6) is 2.58. The number of ether oxygens (including phenoxy) is 3. The average molecular weight is 322 g/mol. The highest BCUT2D eigenvalue weighted by atomic mass is 16.5. The van der Waals surface area contributed by atoms with Crippen molar-refractivity contribution in [1.82, 2.24) is 10.2 Å². The molecule has 0 unspecified atom stereocenters. The molecule has 0 atom stereocenters. The maximum absolute atomic E-state index is 5.86. The number of benzene rings is 1. The van der Waals surface area contributed by atoms with Crippen molar-refractivity contribution in [2.24, 2.45) is 0 Å². The summed E-state index contributed by atoms with van der Waals surface area (Å²) in [5, 5.41) is 3.39. The van der Waals surface area contributed by atoms with Crippen LogP contribution in [0.15, 0.2) is 12.1 Å². The van der Waals surface area contributed by atoms with Crippen molar-refractivity contribution in [3.8, 4) is 17.2 Å². The quantitative estimate of drug-likeness (QED) is 0.756. The van der Waals surface area contributed by atoms with Gasteiger partial charge in [-0.3, -0.25) is 0 Å². The molecule has 0 bridgehead atoms. The van der Waals surface area contributed by atoms with Crippen molar-refractivity contribution in [2.45, 2.75) is 27.2 Å². The maximum atomic E-state index is 5.86. The molecule has 0 amide bonds. The van der Waals surface area contributed by atoms with Crippen LogP contribution < -0.4 is 19.5 Å². The molecule has 1 heterocycles. The Balaban J connectivity index is 2.18. The van der Waals surface area contributed by atoms with Crippen molar-refractivity contribution in [1.29, 1.82) is 0 Å². The molecule has 1 saturated heterocycles. The minimum absolute atomic E-state index is 0.636. The van der Waals surface area contributed by atoms with Gasteiger partial charge in [0.05, 0.1) is 19.8 Å². The van der Waals surface area contributed by atoms with Gasteiger partial charge in [-0.05, 0) is 27.2 Å².